The molecular formula is C18H19N7. The van der Waals surface area contributed by atoms with Gasteiger partial charge < -0.3 is 10.2 Å². The second-order valence-corrected chi connectivity index (χ2v) is 6.04. The number of hydrogen-bond acceptors (Lipinski definition) is 7. The van der Waals surface area contributed by atoms with E-state index in [1.54, 1.807) is 24.8 Å². The predicted molar refractivity (Wildman–Crippen MR) is 95.6 cm³/mol. The molecule has 7 nitrogen and oxygen atoms in total. The number of nitrogens with one attached hydrogen (secondary N) is 1. The van der Waals surface area contributed by atoms with Crippen LogP contribution in [-0.4, -0.2) is 31.5 Å². The highest BCUT2D eigenvalue weighted by Crippen LogP contribution is 2.35. The number of aromatic nitrogens is 5. The molecule has 25 heavy (non-hydrogen) atoms. The first-order valence-electron chi connectivity index (χ1n) is 8.35. The molecule has 1 saturated heterocycles. The first-order chi connectivity index (χ1) is 12.3. The van der Waals surface area contributed by atoms with Crippen LogP contribution in [0.5, 0.6) is 0 Å². The lowest BCUT2D eigenvalue weighted by Gasteiger charge is -2.26. The number of aryl methyl sites for hydroxylation is 1. The van der Waals surface area contributed by atoms with Crippen molar-refractivity contribution in [2.24, 2.45) is 0 Å². The molecule has 4 heterocycles. The lowest BCUT2D eigenvalue weighted by molar-refractivity contribution is 0.709. The van der Waals surface area contributed by atoms with Crippen molar-refractivity contribution >= 4 is 17.6 Å². The SMILES string of the molecule is Cc1cc(N2CCC[C@H]2c2ccnc(Nc3ncccn3)c2)ncn1. The van der Waals surface area contributed by atoms with Gasteiger partial charge in [-0.2, -0.15) is 0 Å². The maximum absolute atomic E-state index is 4.45. The number of pyridine rings is 1. The van der Waals surface area contributed by atoms with Crippen LogP contribution in [0.1, 0.15) is 30.1 Å². The fourth-order valence-electron chi connectivity index (χ4n) is 3.19. The summed E-state index contributed by atoms with van der Waals surface area (Å²) in [7, 11) is 0. The molecule has 0 saturated carbocycles. The number of anilines is 3. The third-order valence-corrected chi connectivity index (χ3v) is 4.31. The minimum atomic E-state index is 0.287. The van der Waals surface area contributed by atoms with Crippen LogP contribution in [0, 0.1) is 6.92 Å². The molecule has 126 valence electrons. The van der Waals surface area contributed by atoms with E-state index in [-0.39, 0.29) is 6.04 Å². The van der Waals surface area contributed by atoms with E-state index in [1.807, 2.05) is 19.2 Å². The molecule has 0 aromatic carbocycles. The Morgan fingerprint density at radius 3 is 2.76 bits per heavy atom. The molecule has 0 bridgehead atoms. The van der Waals surface area contributed by atoms with Crippen LogP contribution in [0.4, 0.5) is 17.6 Å². The molecule has 3 aromatic heterocycles. The Bertz CT molecular complexity index is 853. The summed E-state index contributed by atoms with van der Waals surface area (Å²) >= 11 is 0. The zero-order valence-electron chi connectivity index (χ0n) is 14.0. The van der Waals surface area contributed by atoms with Gasteiger partial charge in [-0.05, 0) is 43.5 Å². The minimum absolute atomic E-state index is 0.287. The first-order valence-corrected chi connectivity index (χ1v) is 8.35. The van der Waals surface area contributed by atoms with E-state index in [1.165, 1.54) is 5.56 Å². The summed E-state index contributed by atoms with van der Waals surface area (Å²) < 4.78 is 0. The van der Waals surface area contributed by atoms with Gasteiger partial charge in [0.15, 0.2) is 0 Å². The quantitative estimate of drug-likeness (QED) is 0.786. The fourth-order valence-corrected chi connectivity index (χ4v) is 3.19. The van der Waals surface area contributed by atoms with Gasteiger partial charge in [0.25, 0.3) is 0 Å². The second kappa shape index (κ2) is 6.80. The largest absolute Gasteiger partial charge is 0.349 e. The zero-order valence-corrected chi connectivity index (χ0v) is 14.0. The monoisotopic (exact) mass is 333 g/mol. The Hall–Kier alpha value is -3.09. The summed E-state index contributed by atoms with van der Waals surface area (Å²) in [6.45, 7) is 2.98. The second-order valence-electron chi connectivity index (χ2n) is 6.04. The Kier molecular flexibility index (Phi) is 4.20. The average molecular weight is 333 g/mol. The van der Waals surface area contributed by atoms with Crippen LogP contribution in [0.2, 0.25) is 0 Å². The Balaban J connectivity index is 1.59. The molecule has 7 heteroatoms. The summed E-state index contributed by atoms with van der Waals surface area (Å²) in [6, 6.07) is 8.24. The maximum atomic E-state index is 4.45. The zero-order chi connectivity index (χ0) is 17.1. The summed E-state index contributed by atoms with van der Waals surface area (Å²) in [5.41, 5.74) is 2.19. The van der Waals surface area contributed by atoms with Crippen molar-refractivity contribution in [3.8, 4) is 0 Å². The highest BCUT2D eigenvalue weighted by atomic mass is 15.2. The molecule has 3 aromatic rings. The molecule has 1 atom stereocenters. The molecule has 0 spiro atoms. The van der Waals surface area contributed by atoms with Gasteiger partial charge in [0.05, 0.1) is 6.04 Å². The Morgan fingerprint density at radius 2 is 1.92 bits per heavy atom. The molecule has 1 aliphatic heterocycles. The number of nitrogens with zero attached hydrogens (tertiary/aromatic N) is 6. The first kappa shape index (κ1) is 15.4. The van der Waals surface area contributed by atoms with Gasteiger partial charge in [-0.3, -0.25) is 0 Å². The molecule has 1 aliphatic rings. The van der Waals surface area contributed by atoms with E-state index in [9.17, 15) is 0 Å². The Morgan fingerprint density at radius 1 is 1.04 bits per heavy atom. The van der Waals surface area contributed by atoms with Crippen LogP contribution >= 0.6 is 0 Å². The predicted octanol–water partition coefficient (Wildman–Crippen LogP) is 3.06. The molecular weight excluding hydrogens is 314 g/mol. The van der Waals surface area contributed by atoms with Gasteiger partial charge in [0, 0.05) is 36.9 Å². The molecule has 0 radical (unpaired) electrons. The molecule has 0 amide bonds. The lowest BCUT2D eigenvalue weighted by atomic mass is 10.1. The van der Waals surface area contributed by atoms with Gasteiger partial charge in [-0.1, -0.05) is 0 Å². The van der Waals surface area contributed by atoms with E-state index >= 15 is 0 Å². The fraction of sp³-hybridized carbons (Fsp3) is 0.278. The number of hydrogen-bond donors (Lipinski definition) is 1. The van der Waals surface area contributed by atoms with Gasteiger partial charge in [-0.25, -0.2) is 24.9 Å². The number of rotatable bonds is 4. The van der Waals surface area contributed by atoms with E-state index in [0.717, 1.165) is 36.7 Å². The highest BCUT2D eigenvalue weighted by molar-refractivity contribution is 5.51. The van der Waals surface area contributed by atoms with E-state index < -0.39 is 0 Å². The standard InChI is InChI=1S/C18H19N7/c1-13-10-17(23-12-22-13)25-9-2-4-15(25)14-5-8-19-16(11-14)24-18-20-6-3-7-21-18/h3,5-8,10-12,15H,2,4,9H2,1H3,(H,19,20,21,24)/t15-/m0/s1. The third-order valence-electron chi connectivity index (χ3n) is 4.31. The van der Waals surface area contributed by atoms with Gasteiger partial charge in [0.1, 0.15) is 18.0 Å². The molecule has 1 fully saturated rings. The maximum Gasteiger partial charge on any atom is 0.228 e. The normalized spacial score (nSPS) is 16.8. The van der Waals surface area contributed by atoms with Crippen molar-refractivity contribution in [3.05, 3.63) is 60.4 Å². The topological polar surface area (TPSA) is 79.7 Å². The van der Waals surface area contributed by atoms with Crippen molar-refractivity contribution < 1.29 is 0 Å². The summed E-state index contributed by atoms with van der Waals surface area (Å²) in [5, 5.41) is 3.15. The summed E-state index contributed by atoms with van der Waals surface area (Å²) in [6.07, 6.45) is 9.09. The molecule has 0 aliphatic carbocycles. The van der Waals surface area contributed by atoms with Gasteiger partial charge in [-0.15, -0.1) is 0 Å². The average Bonchev–Trinajstić information content (AvgIpc) is 3.13. The van der Waals surface area contributed by atoms with Crippen LogP contribution in [0.3, 0.4) is 0 Å². The van der Waals surface area contributed by atoms with Crippen molar-refractivity contribution in [2.75, 3.05) is 16.8 Å². The van der Waals surface area contributed by atoms with Crippen LogP contribution in [0.15, 0.2) is 49.2 Å². The molecule has 0 unspecified atom stereocenters. The van der Waals surface area contributed by atoms with E-state index in [2.05, 4.69) is 47.3 Å². The summed E-state index contributed by atoms with van der Waals surface area (Å²) in [5.74, 6) is 2.27. The van der Waals surface area contributed by atoms with Crippen LogP contribution in [-0.2, 0) is 0 Å². The van der Waals surface area contributed by atoms with Crippen molar-refractivity contribution in [3.63, 3.8) is 0 Å². The highest BCUT2D eigenvalue weighted by Gasteiger charge is 2.27. The minimum Gasteiger partial charge on any atom is -0.349 e. The van der Waals surface area contributed by atoms with Gasteiger partial charge >= 0.3 is 0 Å². The van der Waals surface area contributed by atoms with Gasteiger partial charge in [0.2, 0.25) is 5.95 Å². The third kappa shape index (κ3) is 3.40. The van der Waals surface area contributed by atoms with Crippen LogP contribution in [0.25, 0.3) is 0 Å². The Labute approximate surface area is 146 Å². The van der Waals surface area contributed by atoms with Crippen molar-refractivity contribution in [1.29, 1.82) is 0 Å². The van der Waals surface area contributed by atoms with E-state index in [0.29, 0.717) is 5.95 Å². The van der Waals surface area contributed by atoms with E-state index in [4.69, 9.17) is 0 Å². The molecule has 4 rings (SSSR count). The van der Waals surface area contributed by atoms with Crippen LogP contribution < -0.4 is 10.2 Å². The molecule has 1 N–H and O–H groups in total. The van der Waals surface area contributed by atoms with Crippen molar-refractivity contribution in [2.45, 2.75) is 25.8 Å². The lowest BCUT2D eigenvalue weighted by Crippen LogP contribution is -2.23. The summed E-state index contributed by atoms with van der Waals surface area (Å²) in [4.78, 5) is 23.7. The smallest absolute Gasteiger partial charge is 0.228 e. The van der Waals surface area contributed by atoms with Crippen molar-refractivity contribution in [1.82, 2.24) is 24.9 Å².